The third kappa shape index (κ3) is 6.10. The highest BCUT2D eigenvalue weighted by atomic mass is 16.7. The van der Waals surface area contributed by atoms with Crippen LogP contribution in [0.2, 0.25) is 0 Å². The topological polar surface area (TPSA) is 237 Å². The van der Waals surface area contributed by atoms with Gasteiger partial charge in [0.15, 0.2) is 18.9 Å². The van der Waals surface area contributed by atoms with Gasteiger partial charge in [0.25, 0.3) is 0 Å². The van der Waals surface area contributed by atoms with Crippen LogP contribution in [0.25, 0.3) is 0 Å². The van der Waals surface area contributed by atoms with Crippen LogP contribution in [-0.4, -0.2) is 145 Å². The van der Waals surface area contributed by atoms with E-state index in [4.69, 9.17) is 23.7 Å². The predicted octanol–water partition coefficient (Wildman–Crippen LogP) is -5.37. The van der Waals surface area contributed by atoms with Crippen LogP contribution < -0.4 is 5.32 Å². The van der Waals surface area contributed by atoms with Crippen molar-refractivity contribution in [2.45, 2.75) is 113 Å². The maximum absolute atomic E-state index is 11.7. The van der Waals surface area contributed by atoms with Gasteiger partial charge >= 0.3 is 0 Å². The number of carbonyl (C=O) groups excluding carboxylic acids is 1. The fourth-order valence-electron chi connectivity index (χ4n) is 4.24. The van der Waals surface area contributed by atoms with Crippen molar-refractivity contribution in [3.8, 4) is 0 Å². The van der Waals surface area contributed by atoms with Gasteiger partial charge in [0.1, 0.15) is 61.0 Å². The van der Waals surface area contributed by atoms with Gasteiger partial charge in [-0.3, -0.25) is 4.79 Å². The SMILES string of the molecule is CC(=O)N[C@H]1C(O)O[C@H](CO[C@@H]2O[C@@H](C)[C@@H](O)[C@@H](O)[C@@H]2O)[C@@H](O)[C@@H]1O[C@@H]1O[C@@H](C)[C@@H](O)[C@@H](O)[C@@H]1O. The zero-order valence-corrected chi connectivity index (χ0v) is 19.4. The fraction of sp³-hybridized carbons (Fsp3) is 0.950. The van der Waals surface area contributed by atoms with Crippen molar-refractivity contribution >= 4 is 5.91 Å². The van der Waals surface area contributed by atoms with Crippen LogP contribution in [0, 0.1) is 0 Å². The number of carbonyl (C=O) groups is 1. The Morgan fingerprint density at radius 2 is 1.26 bits per heavy atom. The van der Waals surface area contributed by atoms with Crippen molar-refractivity contribution in [2.75, 3.05) is 6.61 Å². The molecule has 9 N–H and O–H groups in total. The molecule has 0 saturated carbocycles. The van der Waals surface area contributed by atoms with Crippen molar-refractivity contribution < 1.29 is 69.3 Å². The summed E-state index contributed by atoms with van der Waals surface area (Å²) in [5.74, 6) is -0.595. The summed E-state index contributed by atoms with van der Waals surface area (Å²) >= 11 is 0. The van der Waals surface area contributed by atoms with Crippen LogP contribution >= 0.6 is 0 Å². The van der Waals surface area contributed by atoms with E-state index in [2.05, 4.69) is 5.32 Å². The van der Waals surface area contributed by atoms with Crippen molar-refractivity contribution in [1.82, 2.24) is 5.32 Å². The van der Waals surface area contributed by atoms with Crippen LogP contribution in [0.15, 0.2) is 0 Å². The predicted molar refractivity (Wildman–Crippen MR) is 110 cm³/mol. The van der Waals surface area contributed by atoms with E-state index in [0.29, 0.717) is 0 Å². The van der Waals surface area contributed by atoms with Gasteiger partial charge in [0, 0.05) is 6.92 Å². The number of rotatable bonds is 6. The molecule has 0 bridgehead atoms. The average molecular weight is 513 g/mol. The van der Waals surface area contributed by atoms with Gasteiger partial charge in [0.05, 0.1) is 18.8 Å². The lowest BCUT2D eigenvalue weighted by Crippen LogP contribution is -2.67. The first-order valence-electron chi connectivity index (χ1n) is 11.3. The zero-order valence-electron chi connectivity index (χ0n) is 19.4. The number of aliphatic hydroxyl groups is 8. The molecule has 204 valence electrons. The second-order valence-electron chi connectivity index (χ2n) is 9.08. The Labute approximate surface area is 200 Å². The van der Waals surface area contributed by atoms with Crippen molar-refractivity contribution in [3.05, 3.63) is 0 Å². The number of hydrogen-bond donors (Lipinski definition) is 9. The molecule has 3 fully saturated rings. The molecule has 35 heavy (non-hydrogen) atoms. The first kappa shape index (κ1) is 28.5. The normalized spacial score (nSPS) is 51.1. The number of nitrogens with one attached hydrogen (secondary N) is 1. The van der Waals surface area contributed by atoms with E-state index >= 15 is 0 Å². The average Bonchev–Trinajstić information content (AvgIpc) is 2.80. The molecular weight excluding hydrogens is 478 g/mol. The summed E-state index contributed by atoms with van der Waals surface area (Å²) in [6.07, 6.45) is -20.2. The maximum Gasteiger partial charge on any atom is 0.217 e. The molecule has 3 aliphatic heterocycles. The monoisotopic (exact) mass is 513 g/mol. The molecule has 0 aliphatic carbocycles. The molecule has 3 heterocycles. The smallest absolute Gasteiger partial charge is 0.217 e. The van der Waals surface area contributed by atoms with Gasteiger partial charge in [-0.1, -0.05) is 0 Å². The van der Waals surface area contributed by atoms with Gasteiger partial charge in [-0.05, 0) is 13.8 Å². The van der Waals surface area contributed by atoms with Crippen molar-refractivity contribution in [1.29, 1.82) is 0 Å². The summed E-state index contributed by atoms with van der Waals surface area (Å²) in [6.45, 7) is 3.54. The summed E-state index contributed by atoms with van der Waals surface area (Å²) in [5, 5.41) is 83.9. The molecule has 0 aromatic carbocycles. The summed E-state index contributed by atoms with van der Waals surface area (Å²) in [4.78, 5) is 11.7. The van der Waals surface area contributed by atoms with Crippen LogP contribution in [0.1, 0.15) is 20.8 Å². The molecule has 15 atom stereocenters. The Morgan fingerprint density at radius 3 is 1.80 bits per heavy atom. The van der Waals surface area contributed by atoms with E-state index < -0.39 is 105 Å². The van der Waals surface area contributed by atoms with Gasteiger partial charge in [0.2, 0.25) is 5.91 Å². The molecule has 1 unspecified atom stereocenters. The Kier molecular flexibility index (Phi) is 9.42. The number of aliphatic hydroxyl groups excluding tert-OH is 8. The Balaban J connectivity index is 1.73. The Bertz CT molecular complexity index is 715. The van der Waals surface area contributed by atoms with Crippen LogP contribution in [-0.2, 0) is 28.5 Å². The molecule has 0 radical (unpaired) electrons. The number of ether oxygens (including phenoxy) is 5. The van der Waals surface area contributed by atoms with Crippen LogP contribution in [0.5, 0.6) is 0 Å². The van der Waals surface area contributed by atoms with E-state index in [1.807, 2.05) is 0 Å². The number of amides is 1. The quantitative estimate of drug-likeness (QED) is 0.161. The second-order valence-corrected chi connectivity index (χ2v) is 9.08. The first-order valence-corrected chi connectivity index (χ1v) is 11.3. The third-order valence-corrected chi connectivity index (χ3v) is 6.40. The molecule has 15 heteroatoms. The standard InChI is InChI=1S/C20H35NO14/c1-5-10(23)13(26)15(28)19(32-5)31-4-8-12(25)17(9(18(30)34-8)21-7(3)22)35-20-16(29)14(27)11(24)6(2)33-20/h5-6,8-20,23-30H,4H2,1-3H3,(H,21,22)/t5-,6-,8+,9+,10+,11+,12+,13+,14+,15-,16-,17+,18?,19+,20-/m0/s1. The van der Waals surface area contributed by atoms with Gasteiger partial charge < -0.3 is 69.9 Å². The molecule has 3 rings (SSSR count). The van der Waals surface area contributed by atoms with E-state index in [0.717, 1.165) is 6.92 Å². The minimum Gasteiger partial charge on any atom is -0.388 e. The van der Waals surface area contributed by atoms with Gasteiger partial charge in [-0.25, -0.2) is 0 Å². The molecule has 15 nitrogen and oxygen atoms in total. The minimum absolute atomic E-state index is 0.492. The summed E-state index contributed by atoms with van der Waals surface area (Å²) < 4.78 is 27.2. The van der Waals surface area contributed by atoms with E-state index in [1.165, 1.54) is 13.8 Å². The lowest BCUT2D eigenvalue weighted by atomic mass is 9.95. The first-order chi connectivity index (χ1) is 16.3. The maximum atomic E-state index is 11.7. The lowest BCUT2D eigenvalue weighted by molar-refractivity contribution is -0.344. The van der Waals surface area contributed by atoms with Crippen LogP contribution in [0.4, 0.5) is 0 Å². The zero-order chi connectivity index (χ0) is 26.2. The molecule has 1 amide bonds. The Morgan fingerprint density at radius 1 is 0.743 bits per heavy atom. The fourth-order valence-corrected chi connectivity index (χ4v) is 4.24. The largest absolute Gasteiger partial charge is 0.388 e. The van der Waals surface area contributed by atoms with Gasteiger partial charge in [-0.2, -0.15) is 0 Å². The lowest BCUT2D eigenvalue weighted by Gasteiger charge is -2.47. The highest BCUT2D eigenvalue weighted by Gasteiger charge is 2.51. The molecule has 3 aliphatic rings. The molecule has 0 aromatic heterocycles. The summed E-state index contributed by atoms with van der Waals surface area (Å²) in [6, 6.07) is -1.33. The summed E-state index contributed by atoms with van der Waals surface area (Å²) in [5.41, 5.74) is 0. The van der Waals surface area contributed by atoms with Crippen molar-refractivity contribution in [2.24, 2.45) is 0 Å². The minimum atomic E-state index is -1.72. The highest BCUT2D eigenvalue weighted by molar-refractivity contribution is 5.73. The molecule has 3 saturated heterocycles. The molecular formula is C20H35NO14. The third-order valence-electron chi connectivity index (χ3n) is 6.40. The number of hydrogen-bond acceptors (Lipinski definition) is 14. The highest BCUT2D eigenvalue weighted by Crippen LogP contribution is 2.30. The van der Waals surface area contributed by atoms with E-state index in [-0.39, 0.29) is 0 Å². The van der Waals surface area contributed by atoms with Crippen LogP contribution in [0.3, 0.4) is 0 Å². The summed E-state index contributed by atoms with van der Waals surface area (Å²) in [7, 11) is 0. The molecule has 0 spiro atoms. The second kappa shape index (κ2) is 11.6. The molecule has 0 aromatic rings. The van der Waals surface area contributed by atoms with Gasteiger partial charge in [-0.15, -0.1) is 0 Å². The van der Waals surface area contributed by atoms with E-state index in [9.17, 15) is 45.6 Å². The van der Waals surface area contributed by atoms with E-state index in [1.54, 1.807) is 0 Å². The Hall–Kier alpha value is -1.05. The van der Waals surface area contributed by atoms with Crippen molar-refractivity contribution in [3.63, 3.8) is 0 Å².